The number of para-hydroxylation sites is 1. The van der Waals surface area contributed by atoms with Crippen molar-refractivity contribution in [2.75, 3.05) is 12.0 Å². The third kappa shape index (κ3) is 4.89. The number of benzene rings is 8. The average Bonchev–Trinajstić information content (AvgIpc) is 3.75. The van der Waals surface area contributed by atoms with Crippen LogP contribution in [0.5, 0.6) is 5.75 Å². The van der Waals surface area contributed by atoms with E-state index in [0.29, 0.717) is 0 Å². The van der Waals surface area contributed by atoms with E-state index in [2.05, 4.69) is 175 Å². The average molecular weight is 682 g/mol. The first kappa shape index (κ1) is 30.9. The summed E-state index contributed by atoms with van der Waals surface area (Å²) < 4.78 is 11.7. The van der Waals surface area contributed by atoms with Gasteiger partial charge in [-0.05, 0) is 111 Å². The minimum absolute atomic E-state index is 0.490. The summed E-state index contributed by atoms with van der Waals surface area (Å²) >= 11 is 0. The highest BCUT2D eigenvalue weighted by Crippen LogP contribution is 2.57. The van der Waals surface area contributed by atoms with Gasteiger partial charge in [-0.15, -0.1) is 0 Å². The molecular weight excluding hydrogens is 647 g/mol. The van der Waals surface area contributed by atoms with Gasteiger partial charge < -0.3 is 14.1 Å². The van der Waals surface area contributed by atoms with Gasteiger partial charge in [0.2, 0.25) is 0 Å². The summed E-state index contributed by atoms with van der Waals surface area (Å²) in [4.78, 5) is 2.35. The zero-order chi connectivity index (χ0) is 35.4. The largest absolute Gasteiger partial charge is 0.497 e. The van der Waals surface area contributed by atoms with Gasteiger partial charge in [-0.3, -0.25) is 0 Å². The Morgan fingerprint density at radius 2 is 1.00 bits per heavy atom. The number of hydrogen-bond donors (Lipinski definition) is 0. The Labute approximate surface area is 309 Å². The Kier molecular flexibility index (Phi) is 7.26. The zero-order valence-electron chi connectivity index (χ0n) is 29.2. The number of furan rings is 1. The van der Waals surface area contributed by atoms with Crippen LogP contribution in [0.2, 0.25) is 0 Å². The van der Waals surface area contributed by atoms with Gasteiger partial charge in [-0.25, -0.2) is 0 Å². The lowest BCUT2D eigenvalue weighted by Gasteiger charge is -2.35. The molecule has 0 saturated heterocycles. The van der Waals surface area contributed by atoms with Gasteiger partial charge in [0, 0.05) is 27.8 Å². The fourth-order valence-electron chi connectivity index (χ4n) is 8.46. The molecule has 1 aliphatic carbocycles. The molecule has 0 bridgehead atoms. The number of hydrogen-bond acceptors (Lipinski definition) is 3. The molecule has 0 atom stereocenters. The van der Waals surface area contributed by atoms with Gasteiger partial charge >= 0.3 is 0 Å². The Hall–Kier alpha value is -6.84. The van der Waals surface area contributed by atoms with Crippen LogP contribution in [0.15, 0.2) is 199 Å². The number of ether oxygens (including phenoxy) is 1. The lowest BCUT2D eigenvalue weighted by Crippen LogP contribution is -2.28. The molecule has 252 valence electrons. The minimum Gasteiger partial charge on any atom is -0.497 e. The van der Waals surface area contributed by atoms with Gasteiger partial charge in [-0.2, -0.15) is 0 Å². The molecule has 0 amide bonds. The van der Waals surface area contributed by atoms with Crippen molar-refractivity contribution in [3.8, 4) is 28.0 Å². The number of rotatable bonds is 7. The van der Waals surface area contributed by atoms with Gasteiger partial charge in [0.15, 0.2) is 0 Å². The van der Waals surface area contributed by atoms with E-state index in [0.717, 1.165) is 55.9 Å². The first-order valence-corrected chi connectivity index (χ1v) is 18.0. The van der Waals surface area contributed by atoms with E-state index in [1.165, 1.54) is 33.4 Å². The van der Waals surface area contributed by atoms with Crippen molar-refractivity contribution in [1.29, 1.82) is 0 Å². The summed E-state index contributed by atoms with van der Waals surface area (Å²) in [5, 5.41) is 2.26. The van der Waals surface area contributed by atoms with Crippen LogP contribution in [0.4, 0.5) is 17.1 Å². The van der Waals surface area contributed by atoms with E-state index < -0.39 is 5.41 Å². The number of anilines is 3. The number of fused-ring (bicyclic) bond motifs is 6. The highest BCUT2D eigenvalue weighted by molar-refractivity contribution is 6.06. The second kappa shape index (κ2) is 12.4. The smallest absolute Gasteiger partial charge is 0.135 e. The molecule has 10 rings (SSSR count). The molecule has 9 aromatic rings. The van der Waals surface area contributed by atoms with E-state index in [9.17, 15) is 0 Å². The predicted octanol–water partition coefficient (Wildman–Crippen LogP) is 13.1. The van der Waals surface area contributed by atoms with Crippen LogP contribution in [-0.2, 0) is 5.41 Å². The maximum absolute atomic E-state index is 6.12. The molecular formula is C50H35NO2. The van der Waals surface area contributed by atoms with E-state index >= 15 is 0 Å². The van der Waals surface area contributed by atoms with E-state index in [1.54, 1.807) is 7.11 Å². The topological polar surface area (TPSA) is 25.6 Å². The summed E-state index contributed by atoms with van der Waals surface area (Å²) in [5.41, 5.74) is 14.4. The molecule has 0 aliphatic heterocycles. The highest BCUT2D eigenvalue weighted by Gasteiger charge is 2.46. The number of nitrogens with zero attached hydrogens (tertiary/aromatic N) is 1. The van der Waals surface area contributed by atoms with Crippen LogP contribution in [0.1, 0.15) is 22.3 Å². The molecule has 0 N–H and O–H groups in total. The van der Waals surface area contributed by atoms with Gasteiger partial charge in [0.1, 0.15) is 16.9 Å². The first-order valence-electron chi connectivity index (χ1n) is 18.0. The lowest BCUT2D eigenvalue weighted by molar-refractivity contribution is 0.415. The first-order chi connectivity index (χ1) is 26.2. The normalized spacial score (nSPS) is 12.8. The molecule has 0 saturated carbocycles. The van der Waals surface area contributed by atoms with Crippen molar-refractivity contribution >= 4 is 39.0 Å². The third-order valence-electron chi connectivity index (χ3n) is 10.9. The molecule has 3 heteroatoms. The van der Waals surface area contributed by atoms with Crippen molar-refractivity contribution < 1.29 is 9.15 Å². The van der Waals surface area contributed by atoms with Crippen LogP contribution >= 0.6 is 0 Å². The summed E-state index contributed by atoms with van der Waals surface area (Å²) in [6.07, 6.45) is 0. The molecule has 0 radical (unpaired) electrons. The molecule has 3 nitrogen and oxygen atoms in total. The molecule has 1 heterocycles. The second-order valence-corrected chi connectivity index (χ2v) is 13.6. The predicted molar refractivity (Wildman–Crippen MR) is 218 cm³/mol. The third-order valence-corrected chi connectivity index (χ3v) is 10.9. The summed E-state index contributed by atoms with van der Waals surface area (Å²) in [6, 6.07) is 69.7. The Balaban J connectivity index is 1.15. The van der Waals surface area contributed by atoms with E-state index in [1.807, 2.05) is 24.3 Å². The number of methoxy groups -OCH3 is 1. The Morgan fingerprint density at radius 3 is 1.72 bits per heavy atom. The zero-order valence-corrected chi connectivity index (χ0v) is 29.2. The quantitative estimate of drug-likeness (QED) is 0.167. The van der Waals surface area contributed by atoms with E-state index in [-0.39, 0.29) is 0 Å². The molecule has 8 aromatic carbocycles. The van der Waals surface area contributed by atoms with Crippen LogP contribution < -0.4 is 9.64 Å². The maximum atomic E-state index is 6.12. The Bertz CT molecular complexity index is 2710. The maximum Gasteiger partial charge on any atom is 0.135 e. The summed E-state index contributed by atoms with van der Waals surface area (Å²) in [5.74, 6) is 0.822. The van der Waals surface area contributed by atoms with Crippen molar-refractivity contribution in [3.63, 3.8) is 0 Å². The molecule has 0 unspecified atom stereocenters. The summed E-state index contributed by atoms with van der Waals surface area (Å²) in [7, 11) is 1.71. The monoisotopic (exact) mass is 681 g/mol. The summed E-state index contributed by atoms with van der Waals surface area (Å²) in [6.45, 7) is 0. The van der Waals surface area contributed by atoms with Crippen LogP contribution in [0.3, 0.4) is 0 Å². The lowest BCUT2D eigenvalue weighted by atomic mass is 9.67. The van der Waals surface area contributed by atoms with Gasteiger partial charge in [0.25, 0.3) is 0 Å². The van der Waals surface area contributed by atoms with E-state index in [4.69, 9.17) is 9.15 Å². The van der Waals surface area contributed by atoms with Gasteiger partial charge in [0.05, 0.1) is 12.5 Å². The van der Waals surface area contributed by atoms with Crippen molar-refractivity contribution in [2.45, 2.75) is 5.41 Å². The van der Waals surface area contributed by atoms with Crippen molar-refractivity contribution in [3.05, 3.63) is 216 Å². The Morgan fingerprint density at radius 1 is 0.434 bits per heavy atom. The molecule has 53 heavy (non-hydrogen) atoms. The van der Waals surface area contributed by atoms with Crippen LogP contribution in [0.25, 0.3) is 44.2 Å². The fraction of sp³-hybridized carbons (Fsp3) is 0.0400. The highest BCUT2D eigenvalue weighted by atomic mass is 16.5. The SMILES string of the molecule is COc1ccc(N(c2ccc(-c3ccc4oc5ccccc5c4c3)cc2)c2ccc3c(c2)C(c2ccccc2)(c2ccccc2)c2ccccc2-3)cc1. The molecule has 1 aromatic heterocycles. The standard InChI is InChI=1S/C50H35NO2/c1-52-41-28-25-39(26-29-41)51(38-23-20-34(21-24-38)35-22-31-49-45(32-35)44-17-9-11-19-48(44)53-49)40-27-30-43-42-16-8-10-18-46(42)50(47(43)33-40,36-12-4-2-5-13-36)37-14-6-3-7-15-37/h2-33H,1H3. The molecule has 1 aliphatic rings. The van der Waals surface area contributed by atoms with Crippen molar-refractivity contribution in [1.82, 2.24) is 0 Å². The van der Waals surface area contributed by atoms with Crippen LogP contribution in [-0.4, -0.2) is 7.11 Å². The molecule has 0 spiro atoms. The van der Waals surface area contributed by atoms with Crippen LogP contribution in [0, 0.1) is 0 Å². The fourth-order valence-corrected chi connectivity index (χ4v) is 8.46. The molecule has 0 fully saturated rings. The minimum atomic E-state index is -0.490. The van der Waals surface area contributed by atoms with Crippen molar-refractivity contribution in [2.24, 2.45) is 0 Å². The van der Waals surface area contributed by atoms with Gasteiger partial charge in [-0.1, -0.05) is 127 Å². The second-order valence-electron chi connectivity index (χ2n) is 13.6.